The molecule has 0 unspecified atom stereocenters. The predicted octanol–water partition coefficient (Wildman–Crippen LogP) is 4.87. The molecule has 0 spiro atoms. The van der Waals surface area contributed by atoms with Gasteiger partial charge in [-0.2, -0.15) is 4.98 Å². The molecule has 9 heteroatoms. The number of aromatic nitrogens is 4. The lowest BCUT2D eigenvalue weighted by atomic mass is 10.1. The van der Waals surface area contributed by atoms with Gasteiger partial charge in [0.15, 0.2) is 5.16 Å². The first kappa shape index (κ1) is 25.4. The molecule has 37 heavy (non-hydrogen) atoms. The fraction of sp³-hybridized carbons (Fsp3) is 0.321. The first-order valence-electron chi connectivity index (χ1n) is 12.6. The smallest absolute Gasteiger partial charge is 0.277 e. The average Bonchev–Trinajstić information content (AvgIpc) is 3.56. The van der Waals surface area contributed by atoms with Crippen molar-refractivity contribution < 1.29 is 5.18 Å². The van der Waals surface area contributed by atoms with Crippen molar-refractivity contribution in [1.29, 1.82) is 0 Å². The van der Waals surface area contributed by atoms with Gasteiger partial charge in [0.2, 0.25) is 0 Å². The Morgan fingerprint density at radius 1 is 1.08 bits per heavy atom. The van der Waals surface area contributed by atoms with Gasteiger partial charge in [-0.15, -0.1) is 0 Å². The minimum atomic E-state index is -0.141. The number of rotatable bonds is 10. The van der Waals surface area contributed by atoms with Crippen LogP contribution < -0.4 is 10.7 Å². The third kappa shape index (κ3) is 5.40. The normalized spacial score (nSPS) is 12.6. The van der Waals surface area contributed by atoms with E-state index < -0.39 is 0 Å². The Hall–Kier alpha value is -3.23. The van der Waals surface area contributed by atoms with Crippen LogP contribution in [0.4, 0.5) is 5.69 Å². The molecule has 0 aliphatic heterocycles. The number of nitrogens with one attached hydrogen (secondary N) is 1. The lowest BCUT2D eigenvalue weighted by molar-refractivity contribution is -0.380. The molecular weight excluding hydrogens is 506 g/mol. The SMILES string of the molecule is CCCCn1c(-c2ccc(Cl)cc2)cnc1Cn1c(SCc2ccccc2[NH+]=O)nc(=O)c2c1CCC2. The largest absolute Gasteiger partial charge is 0.327 e. The first-order valence-corrected chi connectivity index (χ1v) is 14.0. The second-order valence-corrected chi connectivity index (χ2v) is 10.6. The molecule has 190 valence electrons. The maximum Gasteiger partial charge on any atom is 0.277 e. The highest BCUT2D eigenvalue weighted by molar-refractivity contribution is 7.98. The van der Waals surface area contributed by atoms with Crippen LogP contribution >= 0.6 is 23.4 Å². The van der Waals surface area contributed by atoms with Crippen molar-refractivity contribution in [3.8, 4) is 11.3 Å². The number of nitroso groups, excluding NO2 is 1. The first-order chi connectivity index (χ1) is 18.1. The van der Waals surface area contributed by atoms with E-state index >= 15 is 0 Å². The molecular formula is C28H29ClN5O2S+. The van der Waals surface area contributed by atoms with E-state index in [-0.39, 0.29) is 5.56 Å². The summed E-state index contributed by atoms with van der Waals surface area (Å²) in [6.45, 7) is 3.56. The van der Waals surface area contributed by atoms with Crippen molar-refractivity contribution in [2.75, 3.05) is 0 Å². The standard InChI is InChI=1S/C28H28ClN5O2S/c1-2-3-15-33-25(19-11-13-21(29)14-12-19)16-30-26(33)17-34-24-10-6-8-22(24)27(35)31-28(34)37-18-20-7-4-5-9-23(20)32-36/h4-5,7,9,11-14,16H,2-3,6,8,10,15,17-18H2,1H3/p+1. The summed E-state index contributed by atoms with van der Waals surface area (Å²) < 4.78 is 4.44. The summed E-state index contributed by atoms with van der Waals surface area (Å²) in [6.07, 6.45) is 6.58. The van der Waals surface area contributed by atoms with Crippen LogP contribution in [-0.4, -0.2) is 19.1 Å². The second kappa shape index (κ2) is 11.4. The molecule has 7 nitrogen and oxygen atoms in total. The molecule has 2 aromatic carbocycles. The van der Waals surface area contributed by atoms with Crippen LogP contribution in [-0.2, 0) is 31.7 Å². The Balaban J connectivity index is 1.53. The van der Waals surface area contributed by atoms with Gasteiger partial charge in [0, 0.05) is 50.3 Å². The zero-order valence-corrected chi connectivity index (χ0v) is 22.3. The fourth-order valence-electron chi connectivity index (χ4n) is 4.85. The monoisotopic (exact) mass is 534 g/mol. The van der Waals surface area contributed by atoms with Crippen LogP contribution in [0.3, 0.4) is 0 Å². The molecule has 0 amide bonds. The highest BCUT2D eigenvalue weighted by Crippen LogP contribution is 2.30. The van der Waals surface area contributed by atoms with Crippen molar-refractivity contribution in [2.45, 2.75) is 63.0 Å². The minimum Gasteiger partial charge on any atom is -0.327 e. The van der Waals surface area contributed by atoms with E-state index in [1.165, 1.54) is 11.8 Å². The average molecular weight is 535 g/mol. The summed E-state index contributed by atoms with van der Waals surface area (Å²) >= 11 is 7.61. The van der Waals surface area contributed by atoms with E-state index in [0.717, 1.165) is 72.6 Å². The van der Waals surface area contributed by atoms with Gasteiger partial charge < -0.3 is 9.13 Å². The number of nitrogens with zero attached hydrogens (tertiary/aromatic N) is 4. The molecule has 0 atom stereocenters. The van der Waals surface area contributed by atoms with Crippen LogP contribution in [0.25, 0.3) is 11.3 Å². The van der Waals surface area contributed by atoms with E-state index in [1.807, 2.05) is 53.8 Å². The second-order valence-electron chi connectivity index (χ2n) is 9.18. The Morgan fingerprint density at radius 2 is 1.89 bits per heavy atom. The lowest BCUT2D eigenvalue weighted by Gasteiger charge is -2.18. The number of hydrogen-bond donors (Lipinski definition) is 1. The molecule has 5 rings (SSSR count). The van der Waals surface area contributed by atoms with Gasteiger partial charge in [0.1, 0.15) is 5.82 Å². The maximum absolute atomic E-state index is 12.9. The van der Waals surface area contributed by atoms with Crippen molar-refractivity contribution in [3.05, 3.63) is 97.7 Å². The molecule has 0 bridgehead atoms. The van der Waals surface area contributed by atoms with E-state index in [0.29, 0.717) is 28.2 Å². The lowest BCUT2D eigenvalue weighted by Crippen LogP contribution is -2.56. The molecule has 0 radical (unpaired) electrons. The van der Waals surface area contributed by atoms with Gasteiger partial charge in [-0.25, -0.2) is 4.98 Å². The number of halogens is 1. The summed E-state index contributed by atoms with van der Waals surface area (Å²) in [5.74, 6) is 1.46. The Bertz CT molecular complexity index is 1480. The van der Waals surface area contributed by atoms with Crippen molar-refractivity contribution in [2.24, 2.45) is 0 Å². The van der Waals surface area contributed by atoms with E-state index in [9.17, 15) is 9.70 Å². The summed E-state index contributed by atoms with van der Waals surface area (Å²) in [6, 6.07) is 15.2. The van der Waals surface area contributed by atoms with Crippen LogP contribution in [0, 0.1) is 4.91 Å². The molecule has 4 aromatic rings. The van der Waals surface area contributed by atoms with Crippen molar-refractivity contribution in [1.82, 2.24) is 19.1 Å². The quantitative estimate of drug-likeness (QED) is 0.232. The predicted molar refractivity (Wildman–Crippen MR) is 147 cm³/mol. The third-order valence-corrected chi connectivity index (χ3v) is 8.08. The Morgan fingerprint density at radius 3 is 2.68 bits per heavy atom. The number of fused-ring (bicyclic) bond motifs is 1. The van der Waals surface area contributed by atoms with Crippen LogP contribution in [0.15, 0.2) is 64.7 Å². The number of unbranched alkanes of at least 4 members (excludes halogenated alkanes) is 1. The zero-order chi connectivity index (χ0) is 25.8. The number of thioether (sulfide) groups is 1. The zero-order valence-electron chi connectivity index (χ0n) is 20.7. The molecule has 0 saturated carbocycles. The molecule has 0 fully saturated rings. The van der Waals surface area contributed by atoms with Crippen LogP contribution in [0.5, 0.6) is 0 Å². The Labute approximate surface area is 224 Å². The number of para-hydroxylation sites is 1. The van der Waals surface area contributed by atoms with Gasteiger partial charge in [0.05, 0.1) is 18.4 Å². The molecule has 1 aliphatic carbocycles. The van der Waals surface area contributed by atoms with Crippen LogP contribution in [0.1, 0.15) is 48.8 Å². The molecule has 2 aromatic heterocycles. The molecule has 1 aliphatic rings. The topological polar surface area (TPSA) is 83.8 Å². The third-order valence-electron chi connectivity index (χ3n) is 6.80. The highest BCUT2D eigenvalue weighted by Gasteiger charge is 2.24. The van der Waals surface area contributed by atoms with Gasteiger partial charge in [0.25, 0.3) is 11.2 Å². The minimum absolute atomic E-state index is 0.141. The number of hydrogen-bond acceptors (Lipinski definition) is 5. The summed E-state index contributed by atoms with van der Waals surface area (Å²) in [7, 11) is 0. The van der Waals surface area contributed by atoms with Crippen LogP contribution in [0.2, 0.25) is 5.02 Å². The summed E-state index contributed by atoms with van der Waals surface area (Å²) in [5.41, 5.74) is 5.25. The van der Waals surface area contributed by atoms with Gasteiger partial charge >= 0.3 is 0 Å². The van der Waals surface area contributed by atoms with Gasteiger partial charge in [-0.05, 0) is 43.4 Å². The molecule has 0 saturated heterocycles. The van der Waals surface area contributed by atoms with Gasteiger partial charge in [-0.3, -0.25) is 4.79 Å². The van der Waals surface area contributed by atoms with Crippen molar-refractivity contribution in [3.63, 3.8) is 0 Å². The molecule has 1 N–H and O–H groups in total. The highest BCUT2D eigenvalue weighted by atomic mass is 35.5. The Kier molecular flexibility index (Phi) is 7.86. The van der Waals surface area contributed by atoms with E-state index in [2.05, 4.69) is 21.0 Å². The number of imidazole rings is 1. The summed E-state index contributed by atoms with van der Waals surface area (Å²) in [4.78, 5) is 33.6. The fourth-order valence-corrected chi connectivity index (χ4v) is 5.99. The molecule has 2 heterocycles. The van der Waals surface area contributed by atoms with Gasteiger partial charge in [-0.1, -0.05) is 67.0 Å². The maximum atomic E-state index is 12.9. The van der Waals surface area contributed by atoms with E-state index in [1.54, 1.807) is 6.07 Å². The number of benzene rings is 2. The van der Waals surface area contributed by atoms with E-state index in [4.69, 9.17) is 16.6 Å². The van der Waals surface area contributed by atoms with Crippen molar-refractivity contribution >= 4 is 29.1 Å². The summed E-state index contributed by atoms with van der Waals surface area (Å²) in [5, 5.41) is 3.37.